The summed E-state index contributed by atoms with van der Waals surface area (Å²) in [5.41, 5.74) is 2.63. The van der Waals surface area contributed by atoms with Crippen LogP contribution in [0.2, 0.25) is 0 Å². The Balaban J connectivity index is 1.17. The number of benzene rings is 2. The molecule has 1 aromatic heterocycles. The molecule has 2 aromatic carbocycles. The predicted octanol–water partition coefficient (Wildman–Crippen LogP) is 3.50. The third-order valence-corrected chi connectivity index (χ3v) is 7.23. The lowest BCUT2D eigenvalue weighted by Gasteiger charge is -2.32. The van der Waals surface area contributed by atoms with Gasteiger partial charge in [0.15, 0.2) is 11.5 Å². The Bertz CT molecular complexity index is 1180. The summed E-state index contributed by atoms with van der Waals surface area (Å²) in [5, 5.41) is 2.97. The summed E-state index contributed by atoms with van der Waals surface area (Å²) in [6.45, 7) is 4.80. The van der Waals surface area contributed by atoms with E-state index in [0.717, 1.165) is 53.7 Å². The van der Waals surface area contributed by atoms with Gasteiger partial charge in [-0.15, -0.1) is 11.3 Å². The average molecular weight is 478 g/mol. The Morgan fingerprint density at radius 3 is 2.41 bits per heavy atom. The maximum atomic E-state index is 12.7. The minimum absolute atomic E-state index is 0.0638. The molecule has 176 valence electrons. The van der Waals surface area contributed by atoms with E-state index < -0.39 is 0 Å². The number of hydrogen-bond acceptors (Lipinski definition) is 6. The van der Waals surface area contributed by atoms with Crippen molar-refractivity contribution in [3.8, 4) is 21.9 Å². The molecule has 1 fully saturated rings. The zero-order chi connectivity index (χ0) is 23.5. The molecule has 1 N–H and O–H groups in total. The molecule has 0 atom stereocenters. The van der Waals surface area contributed by atoms with Gasteiger partial charge < -0.3 is 24.6 Å². The lowest BCUT2D eigenvalue weighted by atomic mass is 10.1. The number of hydrogen-bond donors (Lipinski definition) is 1. The van der Waals surface area contributed by atoms with Crippen molar-refractivity contribution in [1.82, 2.24) is 15.1 Å². The Hall–Kier alpha value is -3.36. The van der Waals surface area contributed by atoms with E-state index in [9.17, 15) is 9.59 Å². The van der Waals surface area contributed by atoms with Gasteiger partial charge in [0.25, 0.3) is 11.8 Å². The van der Waals surface area contributed by atoms with Crippen LogP contribution in [0.4, 0.5) is 0 Å². The van der Waals surface area contributed by atoms with E-state index in [2.05, 4.69) is 17.3 Å². The van der Waals surface area contributed by atoms with Gasteiger partial charge >= 0.3 is 0 Å². The van der Waals surface area contributed by atoms with E-state index in [1.54, 1.807) is 0 Å². The lowest BCUT2D eigenvalue weighted by molar-refractivity contribution is 0.0664. The van der Waals surface area contributed by atoms with Crippen LogP contribution in [-0.2, 0) is 6.54 Å². The SMILES string of the molecule is CN1CCN(C(=O)c2ccc(CNC(=O)c3ccc(-c4ccc5c(c4)OCCO5)s3)cc2)CC1. The van der Waals surface area contributed by atoms with E-state index in [4.69, 9.17) is 9.47 Å². The van der Waals surface area contributed by atoms with Crippen LogP contribution in [0.25, 0.3) is 10.4 Å². The minimum atomic E-state index is -0.119. The highest BCUT2D eigenvalue weighted by Gasteiger charge is 2.20. The maximum absolute atomic E-state index is 12.7. The van der Waals surface area contributed by atoms with Crippen LogP contribution < -0.4 is 14.8 Å². The quantitative estimate of drug-likeness (QED) is 0.609. The van der Waals surface area contributed by atoms with E-state index in [0.29, 0.717) is 30.2 Å². The predicted molar refractivity (Wildman–Crippen MR) is 132 cm³/mol. The molecule has 2 amide bonds. The van der Waals surface area contributed by atoms with Crippen molar-refractivity contribution in [2.75, 3.05) is 46.4 Å². The summed E-state index contributed by atoms with van der Waals surface area (Å²) in [7, 11) is 2.07. The number of carbonyl (C=O) groups excluding carboxylic acids is 2. The van der Waals surface area contributed by atoms with Gasteiger partial charge in [-0.2, -0.15) is 0 Å². The van der Waals surface area contributed by atoms with Crippen molar-refractivity contribution in [2.45, 2.75) is 6.54 Å². The number of nitrogens with one attached hydrogen (secondary N) is 1. The van der Waals surface area contributed by atoms with Crippen molar-refractivity contribution in [3.63, 3.8) is 0 Å². The molecule has 0 spiro atoms. The molecule has 0 saturated carbocycles. The number of piperazine rings is 1. The van der Waals surface area contributed by atoms with Crippen LogP contribution >= 0.6 is 11.3 Å². The normalized spacial score (nSPS) is 15.7. The molecule has 8 heteroatoms. The average Bonchev–Trinajstić information content (AvgIpc) is 3.38. The van der Waals surface area contributed by atoms with Crippen molar-refractivity contribution < 1.29 is 19.1 Å². The largest absolute Gasteiger partial charge is 0.486 e. The first-order chi connectivity index (χ1) is 16.6. The summed E-state index contributed by atoms with van der Waals surface area (Å²) in [4.78, 5) is 31.1. The second-order valence-corrected chi connectivity index (χ2v) is 9.58. The van der Waals surface area contributed by atoms with Gasteiger partial charge in [-0.1, -0.05) is 12.1 Å². The smallest absolute Gasteiger partial charge is 0.261 e. The molecule has 2 aliphatic heterocycles. The van der Waals surface area contributed by atoms with Gasteiger partial charge in [0.1, 0.15) is 13.2 Å². The van der Waals surface area contributed by atoms with Crippen LogP contribution in [0.1, 0.15) is 25.6 Å². The number of fused-ring (bicyclic) bond motifs is 1. The van der Waals surface area contributed by atoms with Crippen molar-refractivity contribution in [2.24, 2.45) is 0 Å². The van der Waals surface area contributed by atoms with Gasteiger partial charge in [-0.05, 0) is 60.6 Å². The first kappa shape index (κ1) is 22.4. The number of nitrogens with zero attached hydrogens (tertiary/aromatic N) is 2. The van der Waals surface area contributed by atoms with Crippen molar-refractivity contribution in [1.29, 1.82) is 0 Å². The number of rotatable bonds is 5. The van der Waals surface area contributed by atoms with Gasteiger partial charge in [-0.25, -0.2) is 0 Å². The first-order valence-corrected chi connectivity index (χ1v) is 12.2. The summed E-state index contributed by atoms with van der Waals surface area (Å²) < 4.78 is 11.2. The molecule has 0 aliphatic carbocycles. The van der Waals surface area contributed by atoms with Crippen molar-refractivity contribution in [3.05, 3.63) is 70.6 Å². The molecule has 5 rings (SSSR count). The molecule has 3 aromatic rings. The monoisotopic (exact) mass is 477 g/mol. The Kier molecular flexibility index (Phi) is 6.51. The highest BCUT2D eigenvalue weighted by Crippen LogP contribution is 2.36. The zero-order valence-corrected chi connectivity index (χ0v) is 19.9. The molecule has 7 nitrogen and oxygen atoms in total. The van der Waals surface area contributed by atoms with Crippen molar-refractivity contribution >= 4 is 23.2 Å². The Labute approximate surface area is 202 Å². The topological polar surface area (TPSA) is 71.1 Å². The third-order valence-electron chi connectivity index (χ3n) is 6.10. The number of ether oxygens (including phenoxy) is 2. The molecule has 2 aliphatic rings. The fourth-order valence-corrected chi connectivity index (χ4v) is 4.96. The molecule has 0 unspecified atom stereocenters. The van der Waals surface area contributed by atoms with Crippen LogP contribution in [0, 0.1) is 0 Å². The van der Waals surface area contributed by atoms with E-state index in [1.807, 2.05) is 59.5 Å². The number of thiophene rings is 1. The third kappa shape index (κ3) is 4.93. The van der Waals surface area contributed by atoms with Crippen LogP contribution in [0.5, 0.6) is 11.5 Å². The standard InChI is InChI=1S/C26H27N3O4S/c1-28-10-12-29(13-11-28)26(31)19-4-2-18(3-5-19)17-27-25(30)24-9-8-23(34-24)20-6-7-21-22(16-20)33-15-14-32-21/h2-9,16H,10-15,17H2,1H3,(H,27,30). The fraction of sp³-hybridized carbons (Fsp3) is 0.308. The van der Waals surface area contributed by atoms with E-state index in [-0.39, 0.29) is 11.8 Å². The van der Waals surface area contributed by atoms with Crippen LogP contribution in [0.15, 0.2) is 54.6 Å². The molecule has 0 radical (unpaired) electrons. The highest BCUT2D eigenvalue weighted by molar-refractivity contribution is 7.17. The second kappa shape index (κ2) is 9.87. The van der Waals surface area contributed by atoms with E-state index >= 15 is 0 Å². The van der Waals surface area contributed by atoms with Gasteiger partial charge in [0.2, 0.25) is 0 Å². The van der Waals surface area contributed by atoms with Crippen LogP contribution in [-0.4, -0.2) is 68.1 Å². The molecule has 34 heavy (non-hydrogen) atoms. The molecule has 0 bridgehead atoms. The fourth-order valence-electron chi connectivity index (χ4n) is 4.04. The number of amides is 2. The highest BCUT2D eigenvalue weighted by atomic mass is 32.1. The van der Waals surface area contributed by atoms with Gasteiger partial charge in [0.05, 0.1) is 4.88 Å². The Morgan fingerprint density at radius 2 is 1.65 bits per heavy atom. The summed E-state index contributed by atoms with van der Waals surface area (Å²) in [6.07, 6.45) is 0. The minimum Gasteiger partial charge on any atom is -0.486 e. The Morgan fingerprint density at radius 1 is 0.912 bits per heavy atom. The number of likely N-dealkylation sites (N-methyl/N-ethyl adjacent to an activating group) is 1. The van der Waals surface area contributed by atoms with Gasteiger partial charge in [-0.3, -0.25) is 9.59 Å². The molecule has 3 heterocycles. The molecular weight excluding hydrogens is 450 g/mol. The van der Waals surface area contributed by atoms with Gasteiger partial charge in [0, 0.05) is 43.2 Å². The second-order valence-electron chi connectivity index (χ2n) is 8.50. The summed E-state index contributed by atoms with van der Waals surface area (Å²) in [5.74, 6) is 1.43. The first-order valence-electron chi connectivity index (χ1n) is 11.4. The molecule has 1 saturated heterocycles. The maximum Gasteiger partial charge on any atom is 0.261 e. The number of carbonyl (C=O) groups is 2. The summed E-state index contributed by atoms with van der Waals surface area (Å²) in [6, 6.07) is 17.1. The lowest BCUT2D eigenvalue weighted by Crippen LogP contribution is -2.47. The van der Waals surface area contributed by atoms with Crippen LogP contribution in [0.3, 0.4) is 0 Å². The molecular formula is C26H27N3O4S. The summed E-state index contributed by atoms with van der Waals surface area (Å²) >= 11 is 1.44. The van der Waals surface area contributed by atoms with E-state index in [1.165, 1.54) is 11.3 Å². The zero-order valence-electron chi connectivity index (χ0n) is 19.1.